The van der Waals surface area contributed by atoms with Crippen molar-refractivity contribution in [2.24, 2.45) is 5.92 Å². The number of aromatic amines is 1. The van der Waals surface area contributed by atoms with Gasteiger partial charge in [-0.05, 0) is 12.1 Å². The quantitative estimate of drug-likeness (QED) is 0.550. The Labute approximate surface area is 138 Å². The van der Waals surface area contributed by atoms with Crippen molar-refractivity contribution in [2.45, 2.75) is 10.9 Å². The third-order valence-electron chi connectivity index (χ3n) is 3.85. The van der Waals surface area contributed by atoms with E-state index in [-0.39, 0.29) is 16.9 Å². The van der Waals surface area contributed by atoms with Gasteiger partial charge >= 0.3 is 0 Å². The molecule has 0 aromatic carbocycles. The number of carbonyl (C=O) groups excluding carboxylic acids is 1. The molecular formula is C14H16N6O3S. The van der Waals surface area contributed by atoms with E-state index >= 15 is 0 Å². The van der Waals surface area contributed by atoms with Crippen molar-refractivity contribution in [1.82, 2.24) is 25.3 Å². The van der Waals surface area contributed by atoms with E-state index < -0.39 is 22.5 Å². The molecule has 3 rings (SSSR count). The summed E-state index contributed by atoms with van der Waals surface area (Å²) >= 11 is 0. The van der Waals surface area contributed by atoms with Crippen LogP contribution in [0, 0.1) is 17.2 Å². The van der Waals surface area contributed by atoms with Crippen molar-refractivity contribution in [3.63, 3.8) is 0 Å². The minimum absolute atomic E-state index is 0.0378. The molecule has 1 fully saturated rings. The topological polar surface area (TPSA) is 140 Å². The first-order valence-corrected chi connectivity index (χ1v) is 8.81. The number of nitriles is 1. The van der Waals surface area contributed by atoms with Crippen LogP contribution in [0.5, 0.6) is 0 Å². The first kappa shape index (κ1) is 16.4. The molecule has 0 radical (unpaired) electrons. The highest BCUT2D eigenvalue weighted by atomic mass is 32.2. The number of sulfonamides is 1. The Hall–Kier alpha value is -2.48. The van der Waals surface area contributed by atoms with Crippen molar-refractivity contribution < 1.29 is 13.2 Å². The van der Waals surface area contributed by atoms with Crippen molar-refractivity contribution in [2.75, 3.05) is 19.6 Å². The minimum Gasteiger partial charge on any atom is -0.350 e. The van der Waals surface area contributed by atoms with E-state index in [1.165, 1.54) is 6.20 Å². The van der Waals surface area contributed by atoms with Crippen LogP contribution in [-0.4, -0.2) is 50.0 Å². The van der Waals surface area contributed by atoms with Gasteiger partial charge in [0.1, 0.15) is 10.5 Å². The molecule has 126 valence electrons. The van der Waals surface area contributed by atoms with Gasteiger partial charge in [-0.15, -0.1) is 0 Å². The van der Waals surface area contributed by atoms with Crippen LogP contribution < -0.4 is 15.4 Å². The molecule has 0 saturated carbocycles. The number of fused-ring (bicyclic) bond motifs is 1. The molecule has 9 nitrogen and oxygen atoms in total. The zero-order valence-electron chi connectivity index (χ0n) is 12.6. The monoisotopic (exact) mass is 348 g/mol. The lowest BCUT2D eigenvalue weighted by Gasteiger charge is -2.14. The van der Waals surface area contributed by atoms with Crippen LogP contribution in [0.4, 0.5) is 0 Å². The maximum Gasteiger partial charge on any atom is 0.243 e. The van der Waals surface area contributed by atoms with Crippen LogP contribution in [0.25, 0.3) is 11.0 Å². The Bertz CT molecular complexity index is 901. The zero-order valence-corrected chi connectivity index (χ0v) is 13.4. The summed E-state index contributed by atoms with van der Waals surface area (Å²) in [4.78, 5) is 18.8. The summed E-state index contributed by atoms with van der Waals surface area (Å²) in [6, 6.07) is 5.06. The number of amides is 1. The maximum absolute atomic E-state index is 12.4. The summed E-state index contributed by atoms with van der Waals surface area (Å²) in [7, 11) is -3.85. The summed E-state index contributed by atoms with van der Waals surface area (Å²) in [5.41, 5.74) is 0.455. The van der Waals surface area contributed by atoms with Crippen LogP contribution in [0.1, 0.15) is 0 Å². The fourth-order valence-electron chi connectivity index (χ4n) is 2.62. The second-order valence-electron chi connectivity index (χ2n) is 5.44. The molecule has 1 aliphatic heterocycles. The molecule has 1 aliphatic rings. The highest BCUT2D eigenvalue weighted by molar-refractivity contribution is 7.89. The molecule has 2 atom stereocenters. The van der Waals surface area contributed by atoms with Gasteiger partial charge in [0.05, 0.1) is 24.6 Å². The average Bonchev–Trinajstić information content (AvgIpc) is 3.19. The van der Waals surface area contributed by atoms with Crippen molar-refractivity contribution in [3.05, 3.63) is 24.5 Å². The van der Waals surface area contributed by atoms with Crippen LogP contribution in [0.3, 0.4) is 0 Å². The van der Waals surface area contributed by atoms with Gasteiger partial charge in [-0.2, -0.15) is 5.26 Å². The number of rotatable bonds is 5. The van der Waals surface area contributed by atoms with Crippen LogP contribution in [0.15, 0.2) is 29.4 Å². The lowest BCUT2D eigenvalue weighted by molar-refractivity contribution is -0.120. The Balaban J connectivity index is 1.65. The largest absolute Gasteiger partial charge is 0.350 e. The van der Waals surface area contributed by atoms with Gasteiger partial charge in [0.15, 0.2) is 0 Å². The smallest absolute Gasteiger partial charge is 0.243 e. The molecule has 0 bridgehead atoms. The van der Waals surface area contributed by atoms with Crippen molar-refractivity contribution in [1.29, 1.82) is 5.26 Å². The summed E-state index contributed by atoms with van der Waals surface area (Å²) in [6.07, 6.45) is 2.89. The lowest BCUT2D eigenvalue weighted by Crippen LogP contribution is -2.45. The van der Waals surface area contributed by atoms with E-state index in [4.69, 9.17) is 5.26 Å². The number of aromatic nitrogens is 2. The number of nitrogens with one attached hydrogen (secondary N) is 4. The molecule has 1 amide bonds. The molecule has 2 unspecified atom stereocenters. The first-order chi connectivity index (χ1) is 11.5. The van der Waals surface area contributed by atoms with Crippen LogP contribution in [-0.2, 0) is 14.8 Å². The lowest BCUT2D eigenvalue weighted by atomic mass is 10.1. The summed E-state index contributed by atoms with van der Waals surface area (Å²) < 4.78 is 27.0. The highest BCUT2D eigenvalue weighted by Gasteiger charge is 2.28. The second-order valence-corrected chi connectivity index (χ2v) is 7.18. The van der Waals surface area contributed by atoms with E-state index in [0.717, 1.165) is 0 Å². The van der Waals surface area contributed by atoms with Gasteiger partial charge in [0.2, 0.25) is 15.9 Å². The number of carbonyl (C=O) groups is 1. The van der Waals surface area contributed by atoms with Crippen LogP contribution >= 0.6 is 0 Å². The predicted octanol–water partition coefficient (Wildman–Crippen LogP) is -0.931. The van der Waals surface area contributed by atoms with Crippen molar-refractivity contribution >= 4 is 27.0 Å². The van der Waals surface area contributed by atoms with Gasteiger partial charge in [-0.1, -0.05) is 0 Å². The third kappa shape index (κ3) is 3.23. The molecule has 3 heterocycles. The summed E-state index contributed by atoms with van der Waals surface area (Å²) in [5.74, 6) is -0.796. The van der Waals surface area contributed by atoms with Gasteiger partial charge in [0.25, 0.3) is 0 Å². The van der Waals surface area contributed by atoms with Gasteiger partial charge in [-0.3, -0.25) is 4.79 Å². The standard InChI is InChI=1S/C14H16N6O3S/c15-4-9-5-16-6-11(9)20-13(21)8-19-24(22,23)12-7-18-14-10(12)2-1-3-17-14/h1-3,7,9,11,16,19H,5-6,8H2,(H,17,18)(H,20,21). The average molecular weight is 348 g/mol. The van der Waals surface area contributed by atoms with Crippen LogP contribution in [0.2, 0.25) is 0 Å². The highest BCUT2D eigenvalue weighted by Crippen LogP contribution is 2.20. The predicted molar refractivity (Wildman–Crippen MR) is 85.2 cm³/mol. The number of pyridine rings is 1. The number of hydrogen-bond acceptors (Lipinski definition) is 6. The first-order valence-electron chi connectivity index (χ1n) is 7.33. The van der Waals surface area contributed by atoms with E-state index in [1.54, 1.807) is 18.3 Å². The fraction of sp³-hybridized carbons (Fsp3) is 0.357. The summed E-state index contributed by atoms with van der Waals surface area (Å²) in [6.45, 7) is 0.601. The Morgan fingerprint density at radius 1 is 1.46 bits per heavy atom. The maximum atomic E-state index is 12.4. The molecule has 0 spiro atoms. The molecule has 4 N–H and O–H groups in total. The summed E-state index contributed by atoms with van der Waals surface area (Å²) in [5, 5.41) is 15.1. The molecule has 0 aliphatic carbocycles. The minimum atomic E-state index is -3.85. The molecular weight excluding hydrogens is 332 g/mol. The zero-order chi connectivity index (χ0) is 17.2. The van der Waals surface area contributed by atoms with Gasteiger partial charge in [-0.25, -0.2) is 18.1 Å². The molecule has 2 aromatic heterocycles. The number of hydrogen-bond donors (Lipinski definition) is 4. The van der Waals surface area contributed by atoms with E-state index in [9.17, 15) is 13.2 Å². The second kappa shape index (κ2) is 6.56. The number of H-pyrrole nitrogens is 1. The molecule has 10 heteroatoms. The van der Waals surface area contributed by atoms with Gasteiger partial charge in [0, 0.05) is 30.9 Å². The fourth-order valence-corrected chi connectivity index (χ4v) is 3.76. The van der Waals surface area contributed by atoms with Gasteiger partial charge < -0.3 is 15.6 Å². The molecule has 24 heavy (non-hydrogen) atoms. The van der Waals surface area contributed by atoms with Crippen molar-refractivity contribution in [3.8, 4) is 6.07 Å². The Morgan fingerprint density at radius 3 is 3.08 bits per heavy atom. The van der Waals surface area contributed by atoms with E-state index in [1.807, 2.05) is 0 Å². The Kier molecular flexibility index (Phi) is 4.48. The molecule has 1 saturated heterocycles. The Morgan fingerprint density at radius 2 is 2.29 bits per heavy atom. The normalized spacial score (nSPS) is 20.8. The third-order valence-corrected chi connectivity index (χ3v) is 5.29. The van der Waals surface area contributed by atoms with E-state index in [0.29, 0.717) is 24.1 Å². The SMILES string of the molecule is N#CC1CNCC1NC(=O)CNS(=O)(=O)c1c[nH]c2ncccc12. The number of nitrogens with zero attached hydrogens (tertiary/aromatic N) is 2. The van der Waals surface area contributed by atoms with E-state index in [2.05, 4.69) is 31.4 Å². The molecule has 2 aromatic rings.